The van der Waals surface area contributed by atoms with Crippen molar-refractivity contribution in [3.63, 3.8) is 0 Å². The first-order valence-electron chi connectivity index (χ1n) is 6.05. The molecule has 0 saturated heterocycles. The van der Waals surface area contributed by atoms with Crippen LogP contribution in [-0.4, -0.2) is 17.8 Å². The highest BCUT2D eigenvalue weighted by Gasteiger charge is 2.29. The summed E-state index contributed by atoms with van der Waals surface area (Å²) in [7, 11) is 0. The third-order valence-electron chi connectivity index (χ3n) is 3.33. The molecule has 2 N–H and O–H groups in total. The Morgan fingerprint density at radius 3 is 2.56 bits per heavy atom. The number of rotatable bonds is 5. The Morgan fingerprint density at radius 2 is 1.94 bits per heavy atom. The summed E-state index contributed by atoms with van der Waals surface area (Å²) in [5, 5.41) is 14.4. The van der Waals surface area contributed by atoms with Gasteiger partial charge in [0.15, 0.2) is 0 Å². The number of hydrogen-bond donors (Lipinski definition) is 2. The largest absolute Gasteiger partial charge is 0.392 e. The molecular weight excluding hydrogens is 293 g/mol. The Kier molecular flexibility index (Phi) is 4.79. The summed E-state index contributed by atoms with van der Waals surface area (Å²) in [6.07, 6.45) is 1.99. The van der Waals surface area contributed by atoms with Crippen molar-refractivity contribution in [3.8, 4) is 0 Å². The molecule has 2 unspecified atom stereocenters. The number of hydrogen-bond acceptors (Lipinski definition) is 2. The van der Waals surface area contributed by atoms with Gasteiger partial charge in [-0.3, -0.25) is 0 Å². The zero-order valence-electron chi connectivity index (χ0n) is 10.1. The van der Waals surface area contributed by atoms with E-state index >= 15 is 0 Å². The molecule has 2 nitrogen and oxygen atoms in total. The second-order valence-electron chi connectivity index (χ2n) is 4.80. The molecule has 18 heavy (non-hydrogen) atoms. The molecule has 100 valence electrons. The molecule has 1 aromatic carbocycles. The van der Waals surface area contributed by atoms with Crippen LogP contribution in [0.2, 0.25) is 15.1 Å². The van der Waals surface area contributed by atoms with E-state index in [2.05, 4.69) is 5.32 Å². The van der Waals surface area contributed by atoms with E-state index in [4.69, 9.17) is 34.8 Å². The molecule has 0 amide bonds. The van der Waals surface area contributed by atoms with Crippen LogP contribution in [0.15, 0.2) is 12.1 Å². The summed E-state index contributed by atoms with van der Waals surface area (Å²) in [4.78, 5) is 0. The van der Waals surface area contributed by atoms with E-state index in [1.165, 1.54) is 0 Å². The molecule has 0 bridgehead atoms. The highest BCUT2D eigenvalue weighted by molar-refractivity contribution is 6.48. The van der Waals surface area contributed by atoms with Crippen LogP contribution < -0.4 is 5.32 Å². The summed E-state index contributed by atoms with van der Waals surface area (Å²) >= 11 is 18.1. The molecule has 1 aliphatic carbocycles. The first-order valence-corrected chi connectivity index (χ1v) is 7.19. The van der Waals surface area contributed by atoms with Crippen molar-refractivity contribution in [3.05, 3.63) is 32.8 Å². The van der Waals surface area contributed by atoms with Crippen LogP contribution in [0, 0.1) is 5.92 Å². The summed E-state index contributed by atoms with van der Waals surface area (Å²) in [5.41, 5.74) is 0.897. The van der Waals surface area contributed by atoms with Gasteiger partial charge in [-0.2, -0.15) is 0 Å². The predicted octanol–water partition coefficient (Wildman–Crippen LogP) is 4.07. The second kappa shape index (κ2) is 5.98. The first kappa shape index (κ1) is 14.4. The van der Waals surface area contributed by atoms with Gasteiger partial charge in [0, 0.05) is 12.6 Å². The Morgan fingerprint density at radius 1 is 1.28 bits per heavy atom. The SMILES string of the molecule is CC(NCC(O)C1CC1)c1ccc(Cl)c(Cl)c1Cl. The standard InChI is InChI=1S/C13H16Cl3NO/c1-7(17-6-11(18)8-2-3-8)9-4-5-10(14)13(16)12(9)15/h4-5,7-8,11,17-18H,2-3,6H2,1H3. The van der Waals surface area contributed by atoms with Crippen LogP contribution in [0.25, 0.3) is 0 Å². The zero-order chi connectivity index (χ0) is 13.3. The summed E-state index contributed by atoms with van der Waals surface area (Å²) in [6.45, 7) is 2.56. The molecule has 2 rings (SSSR count). The van der Waals surface area contributed by atoms with Crippen LogP contribution in [0.1, 0.15) is 31.4 Å². The minimum atomic E-state index is -0.269. The minimum absolute atomic E-state index is 0.0284. The van der Waals surface area contributed by atoms with Crippen molar-refractivity contribution >= 4 is 34.8 Å². The van der Waals surface area contributed by atoms with E-state index in [0.29, 0.717) is 27.5 Å². The van der Waals surface area contributed by atoms with Crippen molar-refractivity contribution < 1.29 is 5.11 Å². The van der Waals surface area contributed by atoms with Crippen LogP contribution in [0.3, 0.4) is 0 Å². The maximum atomic E-state index is 9.81. The van der Waals surface area contributed by atoms with E-state index < -0.39 is 0 Å². The number of halogens is 3. The lowest BCUT2D eigenvalue weighted by molar-refractivity contribution is 0.145. The predicted molar refractivity (Wildman–Crippen MR) is 76.6 cm³/mol. The fourth-order valence-corrected chi connectivity index (χ4v) is 2.64. The Balaban J connectivity index is 1.99. The van der Waals surface area contributed by atoms with E-state index in [0.717, 1.165) is 18.4 Å². The zero-order valence-corrected chi connectivity index (χ0v) is 12.4. The van der Waals surface area contributed by atoms with E-state index in [1.807, 2.05) is 13.0 Å². The van der Waals surface area contributed by atoms with Gasteiger partial charge in [0.1, 0.15) is 0 Å². The highest BCUT2D eigenvalue weighted by atomic mass is 35.5. The fourth-order valence-electron chi connectivity index (χ4n) is 1.93. The van der Waals surface area contributed by atoms with Gasteiger partial charge in [-0.1, -0.05) is 40.9 Å². The molecule has 1 aliphatic rings. The van der Waals surface area contributed by atoms with Gasteiger partial charge in [-0.25, -0.2) is 0 Å². The molecule has 0 aromatic heterocycles. The maximum absolute atomic E-state index is 9.81. The lowest BCUT2D eigenvalue weighted by atomic mass is 10.1. The van der Waals surface area contributed by atoms with Gasteiger partial charge >= 0.3 is 0 Å². The smallest absolute Gasteiger partial charge is 0.0781 e. The maximum Gasteiger partial charge on any atom is 0.0781 e. The normalized spacial score (nSPS) is 18.7. The number of nitrogens with one attached hydrogen (secondary N) is 1. The molecule has 1 aromatic rings. The van der Waals surface area contributed by atoms with Crippen LogP contribution in [-0.2, 0) is 0 Å². The Hall–Kier alpha value is 0.01000. The molecular formula is C13H16Cl3NO. The van der Waals surface area contributed by atoms with Crippen LogP contribution >= 0.6 is 34.8 Å². The average Bonchev–Trinajstić information content (AvgIpc) is 3.17. The molecule has 0 spiro atoms. The molecule has 1 fully saturated rings. The van der Waals surface area contributed by atoms with E-state index in [-0.39, 0.29) is 12.1 Å². The Bertz CT molecular complexity index is 434. The summed E-state index contributed by atoms with van der Waals surface area (Å²) in [5.74, 6) is 0.467. The number of aliphatic hydroxyl groups is 1. The first-order chi connectivity index (χ1) is 8.50. The van der Waals surface area contributed by atoms with Crippen molar-refractivity contribution in [2.75, 3.05) is 6.54 Å². The van der Waals surface area contributed by atoms with Gasteiger partial charge < -0.3 is 10.4 Å². The molecule has 2 atom stereocenters. The van der Waals surface area contributed by atoms with E-state index in [1.54, 1.807) is 6.07 Å². The third kappa shape index (κ3) is 3.31. The topological polar surface area (TPSA) is 32.3 Å². The molecule has 0 heterocycles. The van der Waals surface area contributed by atoms with Gasteiger partial charge in [0.2, 0.25) is 0 Å². The van der Waals surface area contributed by atoms with Gasteiger partial charge in [0.05, 0.1) is 21.2 Å². The molecule has 5 heteroatoms. The van der Waals surface area contributed by atoms with Gasteiger partial charge in [-0.05, 0) is 37.3 Å². The third-order valence-corrected chi connectivity index (χ3v) is 4.64. The fraction of sp³-hybridized carbons (Fsp3) is 0.538. The van der Waals surface area contributed by atoms with Crippen LogP contribution in [0.4, 0.5) is 0 Å². The lowest BCUT2D eigenvalue weighted by Crippen LogP contribution is -2.30. The van der Waals surface area contributed by atoms with Crippen molar-refractivity contribution in [2.24, 2.45) is 5.92 Å². The summed E-state index contributed by atoms with van der Waals surface area (Å²) in [6, 6.07) is 3.62. The monoisotopic (exact) mass is 307 g/mol. The number of benzene rings is 1. The number of aliphatic hydroxyl groups excluding tert-OH is 1. The van der Waals surface area contributed by atoms with Crippen molar-refractivity contribution in [1.29, 1.82) is 0 Å². The minimum Gasteiger partial charge on any atom is -0.392 e. The van der Waals surface area contributed by atoms with Crippen molar-refractivity contribution in [1.82, 2.24) is 5.32 Å². The Labute approximate surface area is 122 Å². The van der Waals surface area contributed by atoms with Gasteiger partial charge in [0.25, 0.3) is 0 Å². The molecule has 0 aliphatic heterocycles. The quantitative estimate of drug-likeness (QED) is 0.804. The molecule has 1 saturated carbocycles. The lowest BCUT2D eigenvalue weighted by Gasteiger charge is -2.19. The van der Waals surface area contributed by atoms with Gasteiger partial charge in [-0.15, -0.1) is 0 Å². The highest BCUT2D eigenvalue weighted by Crippen LogP contribution is 2.36. The average molecular weight is 309 g/mol. The van der Waals surface area contributed by atoms with Crippen molar-refractivity contribution in [2.45, 2.75) is 31.9 Å². The summed E-state index contributed by atoms with van der Waals surface area (Å²) < 4.78 is 0. The van der Waals surface area contributed by atoms with E-state index in [9.17, 15) is 5.11 Å². The van der Waals surface area contributed by atoms with Crippen LogP contribution in [0.5, 0.6) is 0 Å². The molecule has 0 radical (unpaired) electrons. The second-order valence-corrected chi connectivity index (χ2v) is 5.96.